The molecule has 2 fully saturated rings. The predicted molar refractivity (Wildman–Crippen MR) is 39.3 cm³/mol. The Bertz CT molecular complexity index is 179. The van der Waals surface area contributed by atoms with E-state index < -0.39 is 0 Å². The molecular weight excluding hydrogens is 160 g/mol. The van der Waals surface area contributed by atoms with Crippen molar-refractivity contribution in [1.29, 1.82) is 0 Å². The SMILES string of the molecule is COC(=O)C1C2COCOCC21. The second-order valence-corrected chi connectivity index (χ2v) is 3.24. The van der Waals surface area contributed by atoms with E-state index in [0.717, 1.165) is 0 Å². The summed E-state index contributed by atoms with van der Waals surface area (Å²) < 4.78 is 14.9. The van der Waals surface area contributed by atoms with Gasteiger partial charge >= 0.3 is 5.97 Å². The minimum Gasteiger partial charge on any atom is -0.469 e. The largest absolute Gasteiger partial charge is 0.469 e. The molecule has 12 heavy (non-hydrogen) atoms. The van der Waals surface area contributed by atoms with Crippen molar-refractivity contribution >= 4 is 5.97 Å². The van der Waals surface area contributed by atoms with E-state index in [1.807, 2.05) is 0 Å². The van der Waals surface area contributed by atoms with Crippen molar-refractivity contribution < 1.29 is 19.0 Å². The highest BCUT2D eigenvalue weighted by atomic mass is 16.7. The van der Waals surface area contributed by atoms with Gasteiger partial charge in [-0.2, -0.15) is 0 Å². The lowest BCUT2D eigenvalue weighted by atomic mass is 10.3. The molecule has 2 atom stereocenters. The maximum atomic E-state index is 11.1. The molecule has 0 amide bonds. The summed E-state index contributed by atoms with van der Waals surface area (Å²) in [6, 6.07) is 0. The van der Waals surface area contributed by atoms with Crippen molar-refractivity contribution in [2.75, 3.05) is 27.1 Å². The van der Waals surface area contributed by atoms with Crippen molar-refractivity contribution in [2.45, 2.75) is 0 Å². The van der Waals surface area contributed by atoms with Crippen molar-refractivity contribution in [2.24, 2.45) is 17.8 Å². The highest BCUT2D eigenvalue weighted by molar-refractivity contribution is 5.76. The first-order chi connectivity index (χ1) is 5.84. The molecule has 1 heterocycles. The van der Waals surface area contributed by atoms with Gasteiger partial charge in [-0.05, 0) is 0 Å². The molecule has 1 aliphatic heterocycles. The first-order valence-corrected chi connectivity index (χ1v) is 4.08. The Morgan fingerprint density at radius 3 is 2.42 bits per heavy atom. The molecule has 0 N–H and O–H groups in total. The Kier molecular flexibility index (Phi) is 2.02. The van der Waals surface area contributed by atoms with Crippen LogP contribution >= 0.6 is 0 Å². The van der Waals surface area contributed by atoms with Crippen LogP contribution in [0, 0.1) is 17.8 Å². The summed E-state index contributed by atoms with van der Waals surface area (Å²) in [7, 11) is 1.42. The molecule has 0 radical (unpaired) electrons. The average Bonchev–Trinajstić information content (AvgIpc) is 2.76. The third-order valence-corrected chi connectivity index (χ3v) is 2.59. The third-order valence-electron chi connectivity index (χ3n) is 2.59. The molecule has 68 valence electrons. The first-order valence-electron chi connectivity index (χ1n) is 4.08. The molecule has 0 aromatic rings. The number of hydrogen-bond acceptors (Lipinski definition) is 4. The van der Waals surface area contributed by atoms with Gasteiger partial charge in [-0.3, -0.25) is 4.79 Å². The molecule has 1 saturated heterocycles. The number of esters is 1. The first kappa shape index (κ1) is 8.01. The molecule has 0 bridgehead atoms. The molecule has 2 aliphatic rings. The standard InChI is InChI=1S/C8H12O4/c1-10-8(9)7-5-2-11-4-12-3-6(5)7/h5-7H,2-4H2,1H3. The van der Waals surface area contributed by atoms with Gasteiger partial charge in [0.1, 0.15) is 6.79 Å². The zero-order chi connectivity index (χ0) is 8.55. The average molecular weight is 172 g/mol. The number of ether oxygens (including phenoxy) is 3. The van der Waals surface area contributed by atoms with E-state index in [1.54, 1.807) is 0 Å². The topological polar surface area (TPSA) is 44.8 Å². The summed E-state index contributed by atoms with van der Waals surface area (Å²) in [5.41, 5.74) is 0. The summed E-state index contributed by atoms with van der Waals surface area (Å²) in [5, 5.41) is 0. The Morgan fingerprint density at radius 1 is 1.33 bits per heavy atom. The second-order valence-electron chi connectivity index (χ2n) is 3.24. The summed E-state index contributed by atoms with van der Waals surface area (Å²) in [6.45, 7) is 1.62. The molecular formula is C8H12O4. The van der Waals surface area contributed by atoms with Crippen LogP contribution < -0.4 is 0 Å². The van der Waals surface area contributed by atoms with Gasteiger partial charge in [-0.25, -0.2) is 0 Å². The van der Waals surface area contributed by atoms with Gasteiger partial charge in [0.05, 0.1) is 26.2 Å². The minimum absolute atomic E-state index is 0.0234. The van der Waals surface area contributed by atoms with Crippen molar-refractivity contribution in [3.8, 4) is 0 Å². The van der Waals surface area contributed by atoms with Gasteiger partial charge in [0, 0.05) is 11.8 Å². The van der Waals surface area contributed by atoms with E-state index in [2.05, 4.69) is 4.74 Å². The van der Waals surface area contributed by atoms with Crippen LogP contribution in [0.2, 0.25) is 0 Å². The molecule has 1 saturated carbocycles. The fourth-order valence-electron chi connectivity index (χ4n) is 1.81. The maximum Gasteiger partial charge on any atom is 0.309 e. The molecule has 0 spiro atoms. The van der Waals surface area contributed by atoms with E-state index in [1.165, 1.54) is 7.11 Å². The van der Waals surface area contributed by atoms with Gasteiger partial charge in [0.15, 0.2) is 0 Å². The quantitative estimate of drug-likeness (QED) is 0.523. The summed E-state index contributed by atoms with van der Waals surface area (Å²) >= 11 is 0. The smallest absolute Gasteiger partial charge is 0.309 e. The van der Waals surface area contributed by atoms with Crippen molar-refractivity contribution in [1.82, 2.24) is 0 Å². The van der Waals surface area contributed by atoms with Crippen LogP contribution in [0.25, 0.3) is 0 Å². The Labute approximate surface area is 70.8 Å². The lowest BCUT2D eigenvalue weighted by Crippen LogP contribution is -2.11. The molecule has 0 aromatic carbocycles. The summed E-state index contributed by atoms with van der Waals surface area (Å²) in [4.78, 5) is 11.1. The van der Waals surface area contributed by atoms with E-state index in [0.29, 0.717) is 31.8 Å². The highest BCUT2D eigenvalue weighted by Crippen LogP contribution is 2.48. The number of methoxy groups -OCH3 is 1. The van der Waals surface area contributed by atoms with Gasteiger partial charge < -0.3 is 14.2 Å². The normalized spacial score (nSPS) is 39.6. The van der Waals surface area contributed by atoms with Gasteiger partial charge in [0.2, 0.25) is 0 Å². The lowest BCUT2D eigenvalue weighted by Gasteiger charge is -2.02. The lowest BCUT2D eigenvalue weighted by molar-refractivity contribution is -0.144. The fourth-order valence-corrected chi connectivity index (χ4v) is 1.81. The van der Waals surface area contributed by atoms with Crippen LogP contribution in [0.15, 0.2) is 0 Å². The predicted octanol–water partition coefficient (Wildman–Crippen LogP) is 0.0259. The number of rotatable bonds is 1. The second kappa shape index (κ2) is 3.03. The van der Waals surface area contributed by atoms with Crippen LogP contribution in [0.3, 0.4) is 0 Å². The zero-order valence-corrected chi connectivity index (χ0v) is 6.99. The summed E-state index contributed by atoms with van der Waals surface area (Å²) in [5.74, 6) is 0.564. The van der Waals surface area contributed by atoms with E-state index in [4.69, 9.17) is 9.47 Å². The Morgan fingerprint density at radius 2 is 1.92 bits per heavy atom. The van der Waals surface area contributed by atoms with E-state index >= 15 is 0 Å². The van der Waals surface area contributed by atoms with Gasteiger partial charge in [-0.15, -0.1) is 0 Å². The molecule has 4 heteroatoms. The van der Waals surface area contributed by atoms with Crippen LogP contribution in [0.5, 0.6) is 0 Å². The van der Waals surface area contributed by atoms with Crippen LogP contribution in [0.4, 0.5) is 0 Å². The minimum atomic E-state index is -0.126. The highest BCUT2D eigenvalue weighted by Gasteiger charge is 2.56. The van der Waals surface area contributed by atoms with Crippen molar-refractivity contribution in [3.63, 3.8) is 0 Å². The molecule has 2 rings (SSSR count). The maximum absolute atomic E-state index is 11.1. The molecule has 0 aromatic heterocycles. The fraction of sp³-hybridized carbons (Fsp3) is 0.875. The Balaban J connectivity index is 1.93. The number of fused-ring (bicyclic) bond motifs is 1. The van der Waals surface area contributed by atoms with Crippen LogP contribution in [-0.2, 0) is 19.0 Å². The van der Waals surface area contributed by atoms with E-state index in [9.17, 15) is 4.79 Å². The number of hydrogen-bond donors (Lipinski definition) is 0. The Hall–Kier alpha value is -0.610. The van der Waals surface area contributed by atoms with Crippen LogP contribution in [0.1, 0.15) is 0 Å². The molecule has 1 aliphatic carbocycles. The molecule has 4 nitrogen and oxygen atoms in total. The third kappa shape index (κ3) is 1.21. The zero-order valence-electron chi connectivity index (χ0n) is 6.99. The number of carbonyl (C=O) groups is 1. The van der Waals surface area contributed by atoms with Crippen LogP contribution in [-0.4, -0.2) is 33.1 Å². The van der Waals surface area contributed by atoms with E-state index in [-0.39, 0.29) is 11.9 Å². The van der Waals surface area contributed by atoms with Gasteiger partial charge in [-0.1, -0.05) is 0 Å². The molecule has 2 unspecified atom stereocenters. The summed E-state index contributed by atoms with van der Waals surface area (Å²) in [6.07, 6.45) is 0. The van der Waals surface area contributed by atoms with Crippen molar-refractivity contribution in [3.05, 3.63) is 0 Å². The van der Waals surface area contributed by atoms with Gasteiger partial charge in [0.25, 0.3) is 0 Å². The monoisotopic (exact) mass is 172 g/mol. The number of carbonyl (C=O) groups excluding carboxylic acids is 1.